The van der Waals surface area contributed by atoms with Crippen molar-refractivity contribution in [3.05, 3.63) is 48.0 Å². The Kier molecular flexibility index (Phi) is 5.27. The molecule has 0 aliphatic carbocycles. The molecule has 0 bridgehead atoms. The first kappa shape index (κ1) is 19.0. The molecule has 142 valence electrons. The van der Waals surface area contributed by atoms with Crippen LogP contribution in [0, 0.1) is 12.7 Å². The molecule has 0 spiro atoms. The Bertz CT molecular complexity index is 1000. The molecule has 3 aromatic rings. The van der Waals surface area contributed by atoms with E-state index in [1.54, 1.807) is 12.1 Å². The van der Waals surface area contributed by atoms with E-state index in [0.29, 0.717) is 11.4 Å². The molecule has 0 aliphatic heterocycles. The number of thiol groups is 1. The summed E-state index contributed by atoms with van der Waals surface area (Å²) >= 11 is 4.35. The SMILES string of the molecule is Cc1nc2cccc(N(S)C(=O)Nc3cc(F)ccc3OC(C)C)c2n1C. The number of urea groups is 1. The lowest BCUT2D eigenvalue weighted by molar-refractivity contribution is 0.242. The summed E-state index contributed by atoms with van der Waals surface area (Å²) in [5.41, 5.74) is 2.34. The van der Waals surface area contributed by atoms with Crippen LogP contribution in [0.1, 0.15) is 19.7 Å². The fourth-order valence-corrected chi connectivity index (χ4v) is 2.98. The molecule has 0 radical (unpaired) electrons. The Hall–Kier alpha value is -2.74. The number of ether oxygens (including phenoxy) is 1. The Labute approximate surface area is 162 Å². The highest BCUT2D eigenvalue weighted by molar-refractivity contribution is 7.82. The number of rotatable bonds is 4. The van der Waals surface area contributed by atoms with Gasteiger partial charge in [-0.2, -0.15) is 0 Å². The molecular weight excluding hydrogens is 367 g/mol. The average molecular weight is 388 g/mol. The maximum atomic E-state index is 13.7. The highest BCUT2D eigenvalue weighted by Gasteiger charge is 2.20. The lowest BCUT2D eigenvalue weighted by atomic mass is 10.2. The fourth-order valence-electron chi connectivity index (χ4n) is 2.77. The number of carbonyl (C=O) groups excluding carboxylic acids is 1. The van der Waals surface area contributed by atoms with Crippen molar-refractivity contribution in [1.29, 1.82) is 0 Å². The number of aryl methyl sites for hydroxylation is 2. The standard InChI is InChI=1S/C19H21FN4O2S/c1-11(2)26-17-9-8-13(20)10-15(17)22-19(25)24(27)16-7-5-6-14-18(16)23(4)12(3)21-14/h5-11,27H,1-4H3,(H,22,25). The quantitative estimate of drug-likeness (QED) is 0.638. The Morgan fingerprint density at radius 2 is 2.07 bits per heavy atom. The van der Waals surface area contributed by atoms with E-state index >= 15 is 0 Å². The summed E-state index contributed by atoms with van der Waals surface area (Å²) in [5.74, 6) is 0.727. The first-order valence-corrected chi connectivity index (χ1v) is 8.86. The minimum Gasteiger partial charge on any atom is -0.489 e. The van der Waals surface area contributed by atoms with Crippen LogP contribution in [0.4, 0.5) is 20.6 Å². The number of nitrogens with one attached hydrogen (secondary N) is 1. The van der Waals surface area contributed by atoms with Crippen molar-refractivity contribution < 1.29 is 13.9 Å². The van der Waals surface area contributed by atoms with Gasteiger partial charge in [-0.15, -0.1) is 0 Å². The molecule has 1 heterocycles. The van der Waals surface area contributed by atoms with E-state index in [9.17, 15) is 9.18 Å². The van der Waals surface area contributed by atoms with E-state index in [1.165, 1.54) is 22.5 Å². The topological polar surface area (TPSA) is 59.4 Å². The summed E-state index contributed by atoms with van der Waals surface area (Å²) in [6, 6.07) is 8.88. The van der Waals surface area contributed by atoms with Gasteiger partial charge in [0, 0.05) is 13.1 Å². The van der Waals surface area contributed by atoms with Crippen LogP contribution in [0.15, 0.2) is 36.4 Å². The minimum atomic E-state index is -0.538. The first-order valence-electron chi connectivity index (χ1n) is 8.46. The van der Waals surface area contributed by atoms with Crippen LogP contribution in [0.25, 0.3) is 11.0 Å². The lowest BCUT2D eigenvalue weighted by Gasteiger charge is -2.20. The monoisotopic (exact) mass is 388 g/mol. The average Bonchev–Trinajstić information content (AvgIpc) is 2.90. The number of hydrogen-bond acceptors (Lipinski definition) is 4. The molecule has 0 aliphatic rings. The molecular formula is C19H21FN4O2S. The largest absolute Gasteiger partial charge is 0.489 e. The van der Waals surface area contributed by atoms with Crippen LogP contribution >= 0.6 is 12.8 Å². The molecule has 6 nitrogen and oxygen atoms in total. The van der Waals surface area contributed by atoms with Crippen LogP contribution < -0.4 is 14.4 Å². The summed E-state index contributed by atoms with van der Waals surface area (Å²) in [5, 5.41) is 2.66. The molecule has 0 atom stereocenters. The zero-order chi connectivity index (χ0) is 19.7. The van der Waals surface area contributed by atoms with E-state index in [-0.39, 0.29) is 11.8 Å². The number of hydrogen-bond donors (Lipinski definition) is 2. The Morgan fingerprint density at radius 3 is 2.78 bits per heavy atom. The number of halogens is 1. The molecule has 8 heteroatoms. The maximum absolute atomic E-state index is 13.7. The van der Waals surface area contributed by atoms with Gasteiger partial charge in [-0.1, -0.05) is 18.9 Å². The van der Waals surface area contributed by atoms with Gasteiger partial charge >= 0.3 is 6.03 Å². The summed E-state index contributed by atoms with van der Waals surface area (Å²) in [6.45, 7) is 5.59. The molecule has 0 fully saturated rings. The fraction of sp³-hybridized carbons (Fsp3) is 0.263. The number of anilines is 2. The summed E-state index contributed by atoms with van der Waals surface area (Å²) in [4.78, 5) is 17.2. The van der Waals surface area contributed by atoms with Crippen molar-refractivity contribution in [2.75, 3.05) is 9.62 Å². The van der Waals surface area contributed by atoms with E-state index in [2.05, 4.69) is 23.1 Å². The smallest absolute Gasteiger partial charge is 0.336 e. The van der Waals surface area contributed by atoms with Crippen molar-refractivity contribution in [2.24, 2.45) is 7.05 Å². The van der Waals surface area contributed by atoms with Crippen LogP contribution in [0.2, 0.25) is 0 Å². The van der Waals surface area contributed by atoms with Gasteiger partial charge in [0.05, 0.1) is 28.5 Å². The van der Waals surface area contributed by atoms with Crippen molar-refractivity contribution in [3.63, 3.8) is 0 Å². The number of nitrogens with zero attached hydrogens (tertiary/aromatic N) is 3. The molecule has 0 unspecified atom stereocenters. The number of para-hydroxylation sites is 1. The molecule has 2 aromatic carbocycles. The van der Waals surface area contributed by atoms with Crippen molar-refractivity contribution >= 4 is 41.3 Å². The third-order valence-corrected chi connectivity index (χ3v) is 4.46. The predicted octanol–water partition coefficient (Wildman–Crippen LogP) is 4.69. The first-order chi connectivity index (χ1) is 12.8. The summed E-state index contributed by atoms with van der Waals surface area (Å²) in [7, 11) is 1.87. The normalized spacial score (nSPS) is 11.1. The van der Waals surface area contributed by atoms with Gasteiger partial charge < -0.3 is 14.6 Å². The second-order valence-corrected chi connectivity index (χ2v) is 6.81. The van der Waals surface area contributed by atoms with Crippen molar-refractivity contribution in [1.82, 2.24) is 9.55 Å². The third-order valence-electron chi connectivity index (χ3n) is 4.06. The number of fused-ring (bicyclic) bond motifs is 1. The molecule has 3 rings (SSSR count). The predicted molar refractivity (Wildman–Crippen MR) is 108 cm³/mol. The van der Waals surface area contributed by atoms with E-state index in [0.717, 1.165) is 16.9 Å². The third kappa shape index (κ3) is 3.85. The van der Waals surface area contributed by atoms with Crippen LogP contribution in [0.5, 0.6) is 5.75 Å². The molecule has 0 saturated carbocycles. The summed E-state index contributed by atoms with van der Waals surface area (Å²) < 4.78 is 22.4. The van der Waals surface area contributed by atoms with E-state index in [4.69, 9.17) is 4.74 Å². The Morgan fingerprint density at radius 1 is 1.33 bits per heavy atom. The van der Waals surface area contributed by atoms with Crippen molar-refractivity contribution in [2.45, 2.75) is 26.9 Å². The van der Waals surface area contributed by atoms with E-state index < -0.39 is 11.8 Å². The van der Waals surface area contributed by atoms with Gasteiger partial charge in [0.15, 0.2) is 0 Å². The summed E-state index contributed by atoms with van der Waals surface area (Å²) in [6.07, 6.45) is -0.121. The van der Waals surface area contributed by atoms with Gasteiger partial charge in [-0.3, -0.25) is 0 Å². The highest BCUT2D eigenvalue weighted by Crippen LogP contribution is 2.31. The van der Waals surface area contributed by atoms with Crippen LogP contribution in [-0.2, 0) is 7.05 Å². The zero-order valence-electron chi connectivity index (χ0n) is 15.5. The van der Waals surface area contributed by atoms with Crippen LogP contribution in [0.3, 0.4) is 0 Å². The second kappa shape index (κ2) is 7.48. The molecule has 1 N–H and O–H groups in total. The number of amides is 2. The van der Waals surface area contributed by atoms with Gasteiger partial charge in [-0.05, 0) is 45.0 Å². The maximum Gasteiger partial charge on any atom is 0.336 e. The second-order valence-electron chi connectivity index (χ2n) is 6.41. The number of carbonyl (C=O) groups is 1. The number of benzene rings is 2. The van der Waals surface area contributed by atoms with Gasteiger partial charge in [0.1, 0.15) is 17.4 Å². The lowest BCUT2D eigenvalue weighted by Crippen LogP contribution is -2.27. The molecule has 2 amide bonds. The van der Waals surface area contributed by atoms with Crippen molar-refractivity contribution in [3.8, 4) is 5.75 Å². The Balaban J connectivity index is 1.93. The van der Waals surface area contributed by atoms with Gasteiger partial charge in [0.2, 0.25) is 0 Å². The van der Waals surface area contributed by atoms with Gasteiger partial charge in [0.25, 0.3) is 0 Å². The van der Waals surface area contributed by atoms with Gasteiger partial charge in [-0.25, -0.2) is 18.5 Å². The molecule has 0 saturated heterocycles. The molecule has 27 heavy (non-hydrogen) atoms. The van der Waals surface area contributed by atoms with Crippen LogP contribution in [-0.4, -0.2) is 21.7 Å². The highest BCUT2D eigenvalue weighted by atomic mass is 32.1. The zero-order valence-corrected chi connectivity index (χ0v) is 16.4. The van der Waals surface area contributed by atoms with E-state index in [1.807, 2.05) is 38.5 Å². The minimum absolute atomic E-state index is 0.121. The number of aromatic nitrogens is 2. The number of imidazole rings is 1. The molecule has 1 aromatic heterocycles.